The summed E-state index contributed by atoms with van der Waals surface area (Å²) in [4.78, 5) is 65.5. The van der Waals surface area contributed by atoms with Crippen LogP contribution in [0.1, 0.15) is 40.5 Å². The highest BCUT2D eigenvalue weighted by atomic mass is 32.1. The van der Waals surface area contributed by atoms with E-state index in [0.717, 1.165) is 13.8 Å². The number of isothiocyanates is 1. The third kappa shape index (κ3) is 7.29. The molecule has 0 radical (unpaired) electrons. The van der Waals surface area contributed by atoms with Crippen molar-refractivity contribution in [2.45, 2.75) is 101 Å². The van der Waals surface area contributed by atoms with Gasteiger partial charge in [0.05, 0.1) is 17.7 Å². The van der Waals surface area contributed by atoms with E-state index in [0.29, 0.717) is 0 Å². The Labute approximate surface area is 278 Å². The van der Waals surface area contributed by atoms with Crippen LogP contribution in [0.2, 0.25) is 0 Å². The molecule has 18 nitrogen and oxygen atoms in total. The molecule has 0 saturated carbocycles. The van der Waals surface area contributed by atoms with Gasteiger partial charge in [-0.15, -0.1) is 0 Å². The van der Waals surface area contributed by atoms with E-state index < -0.39 is 120 Å². The molecule has 10 atom stereocenters. The van der Waals surface area contributed by atoms with Crippen LogP contribution in [0, 0.1) is 5.41 Å². The monoisotopic (exact) mass is 700 g/mol. The molecule has 264 valence electrons. The van der Waals surface area contributed by atoms with Crippen LogP contribution in [-0.2, 0) is 52.4 Å². The van der Waals surface area contributed by atoms with Crippen LogP contribution < -0.4 is 0 Å². The van der Waals surface area contributed by atoms with Gasteiger partial charge in [0.1, 0.15) is 54.2 Å². The molecule has 0 bridgehead atoms. The Bertz CT molecular complexity index is 1470. The molecule has 2 unspecified atom stereocenters. The first-order valence-electron chi connectivity index (χ1n) is 14.4. The molecule has 2 heterocycles. The van der Waals surface area contributed by atoms with E-state index >= 15 is 0 Å². The molecular formula is C29H36N2O16S. The van der Waals surface area contributed by atoms with Crippen molar-refractivity contribution in [1.82, 2.24) is 0 Å². The van der Waals surface area contributed by atoms with Crippen LogP contribution >= 0.6 is 12.2 Å². The van der Waals surface area contributed by atoms with Crippen molar-refractivity contribution >= 4 is 52.6 Å². The van der Waals surface area contributed by atoms with E-state index in [-0.39, 0.29) is 12.1 Å². The third-order valence-electron chi connectivity index (χ3n) is 8.32. The van der Waals surface area contributed by atoms with Crippen LogP contribution in [0.25, 0.3) is 0 Å². The Hall–Kier alpha value is -3.78. The van der Waals surface area contributed by atoms with Crippen molar-refractivity contribution in [3.05, 3.63) is 23.1 Å². The molecule has 2 saturated heterocycles. The number of carbonyl (C=O) groups excluding carboxylic acids is 4. The number of allylic oxidation sites excluding steroid dienone is 1. The molecule has 48 heavy (non-hydrogen) atoms. The summed E-state index contributed by atoms with van der Waals surface area (Å²) >= 11 is 4.56. The van der Waals surface area contributed by atoms with Crippen LogP contribution in [0.15, 0.2) is 28.1 Å². The zero-order chi connectivity index (χ0) is 36.3. The Morgan fingerprint density at radius 2 is 1.83 bits per heavy atom. The standard InChI is InChI=1S/C29H36N2O16S/c1-6-14(31-10-48)27(39)47-22-16(9-43-13(4)33)45-25(28(40)8-15(34)20(30)19(24(28)36)26(37)38)21(35)23(22)46-18-7-17(42-5)29(41,11(2)32)12(3)44-18/h6,12,16-18,21-23,25,30,35-36,40-41H,7-9H2,1-5H3,(H,37,38)/b14-6-,30-20?/t12-,16+,17-,18-,21+,22+,23-,25-,28?,29?/m0/s1. The van der Waals surface area contributed by atoms with Crippen LogP contribution in [0.3, 0.4) is 0 Å². The number of nitrogens with one attached hydrogen (secondary N) is 1. The number of ether oxygens (including phenoxy) is 6. The summed E-state index contributed by atoms with van der Waals surface area (Å²) in [7, 11) is 1.21. The van der Waals surface area contributed by atoms with Crippen LogP contribution in [0.4, 0.5) is 0 Å². The van der Waals surface area contributed by atoms with E-state index in [1.54, 1.807) is 0 Å². The molecule has 0 aromatic rings. The highest BCUT2D eigenvalue weighted by Crippen LogP contribution is 2.42. The van der Waals surface area contributed by atoms with Gasteiger partial charge in [0.2, 0.25) is 0 Å². The molecule has 0 aromatic carbocycles. The summed E-state index contributed by atoms with van der Waals surface area (Å²) in [6.07, 6.45) is -13.9. The first kappa shape index (κ1) is 38.7. The molecule has 0 amide bonds. The lowest BCUT2D eigenvalue weighted by Crippen LogP contribution is -2.69. The highest BCUT2D eigenvalue weighted by Gasteiger charge is 2.61. The van der Waals surface area contributed by atoms with Crippen molar-refractivity contribution in [1.29, 1.82) is 5.41 Å². The molecule has 19 heteroatoms. The maximum absolute atomic E-state index is 13.1. The van der Waals surface area contributed by atoms with Crippen molar-refractivity contribution in [3.63, 3.8) is 0 Å². The SMILES string of the molecule is C/C=C(\N=C=S)C(=O)O[C@H]1[C@@H](O[C@H]2C[C@H](OC)C(O)(C(C)=O)[C@H](C)O2)[C@@H](O)[C@@H](C2(O)CC(=O)C(=N)C(C(=O)O)=C2O)O[C@@H]1COC(C)=O. The van der Waals surface area contributed by atoms with E-state index in [1.165, 1.54) is 27.0 Å². The summed E-state index contributed by atoms with van der Waals surface area (Å²) in [5.41, 5.74) is -7.89. The predicted molar refractivity (Wildman–Crippen MR) is 160 cm³/mol. The number of carboxylic acid groups (broad SMARTS) is 1. The minimum atomic E-state index is -3.01. The van der Waals surface area contributed by atoms with E-state index in [4.69, 9.17) is 33.8 Å². The largest absolute Gasteiger partial charge is 0.508 e. The highest BCUT2D eigenvalue weighted by molar-refractivity contribution is 7.78. The summed E-state index contributed by atoms with van der Waals surface area (Å²) in [5.74, 6) is -7.29. The van der Waals surface area contributed by atoms with Gasteiger partial charge in [-0.3, -0.25) is 19.8 Å². The van der Waals surface area contributed by atoms with Crippen molar-refractivity contribution in [2.24, 2.45) is 4.99 Å². The lowest BCUT2D eigenvalue weighted by molar-refractivity contribution is -0.333. The summed E-state index contributed by atoms with van der Waals surface area (Å²) < 4.78 is 33.6. The number of Topliss-reactive ketones (excluding diaryl/α,β-unsaturated/α-hetero) is 2. The maximum Gasteiger partial charge on any atom is 0.357 e. The van der Waals surface area contributed by atoms with E-state index in [9.17, 15) is 49.5 Å². The molecule has 0 spiro atoms. The molecule has 2 aliphatic heterocycles. The Kier molecular flexibility index (Phi) is 12.2. The van der Waals surface area contributed by atoms with Crippen LogP contribution in [-0.4, -0.2) is 140 Å². The maximum atomic E-state index is 13.1. The number of thiocarbonyl (C=S) groups is 1. The number of carboxylic acids is 1. The first-order chi connectivity index (χ1) is 22.4. The lowest BCUT2D eigenvalue weighted by atomic mass is 9.74. The average molecular weight is 701 g/mol. The van der Waals surface area contributed by atoms with Gasteiger partial charge in [-0.1, -0.05) is 6.08 Å². The number of esters is 2. The number of aliphatic hydroxyl groups is 4. The van der Waals surface area contributed by atoms with Gasteiger partial charge in [-0.2, -0.15) is 4.99 Å². The van der Waals surface area contributed by atoms with Gasteiger partial charge in [-0.25, -0.2) is 9.59 Å². The van der Waals surface area contributed by atoms with Gasteiger partial charge < -0.3 is 54.0 Å². The second kappa shape index (κ2) is 15.2. The fraction of sp³-hybridized carbons (Fsp3) is 0.621. The fourth-order valence-corrected chi connectivity index (χ4v) is 5.90. The Morgan fingerprint density at radius 1 is 1.19 bits per heavy atom. The molecule has 0 aromatic heterocycles. The van der Waals surface area contributed by atoms with Crippen molar-refractivity contribution in [3.8, 4) is 0 Å². The van der Waals surface area contributed by atoms with Gasteiger partial charge in [0, 0.05) is 20.5 Å². The smallest absolute Gasteiger partial charge is 0.357 e. The molecular weight excluding hydrogens is 664 g/mol. The van der Waals surface area contributed by atoms with Gasteiger partial charge in [0.25, 0.3) is 0 Å². The summed E-state index contributed by atoms with van der Waals surface area (Å²) in [6, 6.07) is 0. The van der Waals surface area contributed by atoms with Crippen molar-refractivity contribution in [2.75, 3.05) is 13.7 Å². The first-order valence-corrected chi connectivity index (χ1v) is 14.8. The number of carbonyl (C=O) groups is 5. The zero-order valence-electron chi connectivity index (χ0n) is 26.4. The Balaban J connectivity index is 2.18. The van der Waals surface area contributed by atoms with E-state index in [2.05, 4.69) is 17.2 Å². The van der Waals surface area contributed by atoms with Gasteiger partial charge in [0.15, 0.2) is 40.9 Å². The van der Waals surface area contributed by atoms with Gasteiger partial charge in [-0.05, 0) is 33.0 Å². The number of aliphatic hydroxyl groups excluding tert-OH is 2. The number of hydrogen-bond donors (Lipinski definition) is 6. The normalized spacial score (nSPS) is 35.8. The number of ketones is 2. The second-order valence-corrected chi connectivity index (χ2v) is 11.4. The minimum Gasteiger partial charge on any atom is -0.508 e. The summed E-state index contributed by atoms with van der Waals surface area (Å²) in [5, 5.41) is 64.8. The zero-order valence-corrected chi connectivity index (χ0v) is 27.2. The number of aliphatic imine (C=N–C) groups is 1. The average Bonchev–Trinajstić information content (AvgIpc) is 3.01. The number of aliphatic carboxylic acids is 1. The number of methoxy groups -OCH3 is 1. The van der Waals surface area contributed by atoms with Crippen LogP contribution in [0.5, 0.6) is 0 Å². The lowest BCUT2D eigenvalue weighted by Gasteiger charge is -2.51. The quantitative estimate of drug-likeness (QED) is 0.0657. The Morgan fingerprint density at radius 3 is 2.35 bits per heavy atom. The summed E-state index contributed by atoms with van der Waals surface area (Å²) in [6.45, 7) is 4.16. The topological polar surface area (TPSA) is 278 Å². The third-order valence-corrected chi connectivity index (χ3v) is 8.41. The minimum absolute atomic E-state index is 0.357. The van der Waals surface area contributed by atoms with Crippen molar-refractivity contribution < 1.29 is 77.9 Å². The molecule has 3 rings (SSSR count). The fourth-order valence-electron chi connectivity index (χ4n) is 5.80. The van der Waals surface area contributed by atoms with Gasteiger partial charge >= 0.3 is 17.9 Å². The predicted octanol–water partition coefficient (Wildman–Crippen LogP) is -0.928. The number of hydrogen-bond acceptors (Lipinski definition) is 18. The number of rotatable bonds is 11. The molecule has 3 aliphatic rings. The molecule has 6 N–H and O–H groups in total. The number of nitrogens with zero attached hydrogens (tertiary/aromatic N) is 1. The van der Waals surface area contributed by atoms with E-state index in [1.807, 2.05) is 5.16 Å². The molecule has 2 fully saturated rings. The molecule has 1 aliphatic carbocycles. The second-order valence-electron chi connectivity index (χ2n) is 11.2.